The van der Waals surface area contributed by atoms with Gasteiger partial charge in [-0.05, 0) is 18.8 Å². The summed E-state index contributed by atoms with van der Waals surface area (Å²) in [5.41, 5.74) is 5.65. The molecule has 2 fully saturated rings. The van der Waals surface area contributed by atoms with Gasteiger partial charge in [-0.1, -0.05) is 0 Å². The van der Waals surface area contributed by atoms with Gasteiger partial charge in [0.15, 0.2) is 5.13 Å². The first-order valence-corrected chi connectivity index (χ1v) is 6.66. The quantitative estimate of drug-likeness (QED) is 0.864. The zero-order chi connectivity index (χ0) is 11.0. The summed E-state index contributed by atoms with van der Waals surface area (Å²) in [6, 6.07) is 0.622. The summed E-state index contributed by atoms with van der Waals surface area (Å²) in [6.45, 7) is 3.79. The molecule has 0 radical (unpaired) electrons. The second kappa shape index (κ2) is 4.31. The Labute approximate surface area is 99.4 Å². The number of rotatable bonds is 3. The summed E-state index contributed by atoms with van der Waals surface area (Å²) in [5, 5.41) is 0.672. The minimum absolute atomic E-state index is 0.622. The lowest BCUT2D eigenvalue weighted by atomic mass is 10.1. The molecule has 1 aromatic rings. The van der Waals surface area contributed by atoms with Gasteiger partial charge in [0.2, 0.25) is 0 Å². The van der Waals surface area contributed by atoms with E-state index in [0.29, 0.717) is 11.2 Å². The lowest BCUT2D eigenvalue weighted by Crippen LogP contribution is -2.45. The molecule has 0 aromatic carbocycles. The average molecular weight is 239 g/mol. The topological polar surface area (TPSA) is 51.4 Å². The van der Waals surface area contributed by atoms with Crippen molar-refractivity contribution in [2.24, 2.45) is 5.92 Å². The number of morpholine rings is 1. The zero-order valence-electron chi connectivity index (χ0n) is 9.26. The number of nitrogen functional groups attached to an aromatic ring is 1. The van der Waals surface area contributed by atoms with Gasteiger partial charge in [0.25, 0.3) is 0 Å². The lowest BCUT2D eigenvalue weighted by molar-refractivity contribution is -0.0193. The Morgan fingerprint density at radius 2 is 2.44 bits per heavy atom. The van der Waals surface area contributed by atoms with Gasteiger partial charge in [0.1, 0.15) is 0 Å². The molecule has 88 valence electrons. The minimum atomic E-state index is 0.622. The summed E-state index contributed by atoms with van der Waals surface area (Å²) in [7, 11) is 0. The van der Waals surface area contributed by atoms with Crippen LogP contribution < -0.4 is 5.73 Å². The van der Waals surface area contributed by atoms with Crippen molar-refractivity contribution >= 4 is 16.5 Å². The molecule has 2 aliphatic rings. The lowest BCUT2D eigenvalue weighted by Gasteiger charge is -2.35. The first-order valence-electron chi connectivity index (χ1n) is 5.85. The zero-order valence-corrected chi connectivity index (χ0v) is 10.1. The average Bonchev–Trinajstić information content (AvgIpc) is 3.04. The van der Waals surface area contributed by atoms with Crippen LogP contribution >= 0.6 is 11.3 Å². The normalized spacial score (nSPS) is 27.1. The van der Waals surface area contributed by atoms with Crippen molar-refractivity contribution in [2.45, 2.75) is 25.4 Å². The SMILES string of the molecule is Nc1ncc(CN2CCOCC2C2CC2)s1. The predicted molar refractivity (Wildman–Crippen MR) is 64.3 cm³/mol. The van der Waals surface area contributed by atoms with Gasteiger partial charge in [-0.2, -0.15) is 0 Å². The summed E-state index contributed by atoms with van der Waals surface area (Å²) < 4.78 is 5.58. The second-order valence-electron chi connectivity index (χ2n) is 4.61. The van der Waals surface area contributed by atoms with E-state index in [-0.39, 0.29) is 0 Å². The number of hydrogen-bond acceptors (Lipinski definition) is 5. The monoisotopic (exact) mass is 239 g/mol. The van der Waals surface area contributed by atoms with Gasteiger partial charge in [-0.15, -0.1) is 11.3 Å². The van der Waals surface area contributed by atoms with Crippen molar-refractivity contribution in [1.29, 1.82) is 0 Å². The third-order valence-electron chi connectivity index (χ3n) is 3.38. The number of nitrogens with zero attached hydrogens (tertiary/aromatic N) is 2. The van der Waals surface area contributed by atoms with Crippen LogP contribution in [0.2, 0.25) is 0 Å². The van der Waals surface area contributed by atoms with Crippen molar-refractivity contribution in [3.05, 3.63) is 11.1 Å². The van der Waals surface area contributed by atoms with E-state index in [2.05, 4.69) is 9.88 Å². The van der Waals surface area contributed by atoms with Gasteiger partial charge in [0, 0.05) is 30.2 Å². The molecule has 1 atom stereocenters. The minimum Gasteiger partial charge on any atom is -0.378 e. The summed E-state index contributed by atoms with van der Waals surface area (Å²) in [5.74, 6) is 0.866. The van der Waals surface area contributed by atoms with Crippen LogP contribution in [0.25, 0.3) is 0 Å². The van der Waals surface area contributed by atoms with Crippen LogP contribution in [0.15, 0.2) is 6.20 Å². The van der Waals surface area contributed by atoms with Crippen molar-refractivity contribution < 1.29 is 4.74 Å². The molecule has 5 heteroatoms. The Hall–Kier alpha value is -0.650. The molecule has 1 unspecified atom stereocenters. The Morgan fingerprint density at radius 3 is 3.12 bits per heavy atom. The van der Waals surface area contributed by atoms with Crippen LogP contribution in [0.1, 0.15) is 17.7 Å². The van der Waals surface area contributed by atoms with Crippen LogP contribution in [0.4, 0.5) is 5.13 Å². The Balaban J connectivity index is 1.67. The molecule has 1 saturated heterocycles. The van der Waals surface area contributed by atoms with E-state index in [1.807, 2.05) is 6.20 Å². The fourth-order valence-corrected chi connectivity index (χ4v) is 3.07. The van der Waals surface area contributed by atoms with E-state index in [9.17, 15) is 0 Å². The van der Waals surface area contributed by atoms with Gasteiger partial charge in [-0.3, -0.25) is 4.90 Å². The number of hydrogen-bond donors (Lipinski definition) is 1. The summed E-state index contributed by atoms with van der Waals surface area (Å²) >= 11 is 1.60. The van der Waals surface area contributed by atoms with Gasteiger partial charge in [-0.25, -0.2) is 4.98 Å². The second-order valence-corrected chi connectivity index (χ2v) is 5.76. The molecule has 2 N–H and O–H groups in total. The standard InChI is InChI=1S/C11H17N3OS/c12-11-13-5-9(16-11)6-14-3-4-15-7-10(14)8-1-2-8/h5,8,10H,1-4,6-7H2,(H2,12,13). The van der Waals surface area contributed by atoms with Gasteiger partial charge >= 0.3 is 0 Å². The van der Waals surface area contributed by atoms with E-state index in [1.165, 1.54) is 17.7 Å². The largest absolute Gasteiger partial charge is 0.378 e. The number of anilines is 1. The fraction of sp³-hybridized carbons (Fsp3) is 0.727. The maximum atomic E-state index is 5.65. The molecule has 1 saturated carbocycles. The van der Waals surface area contributed by atoms with E-state index in [0.717, 1.165) is 32.2 Å². The highest BCUT2D eigenvalue weighted by Crippen LogP contribution is 2.37. The molecular formula is C11H17N3OS. The third-order valence-corrected chi connectivity index (χ3v) is 4.19. The van der Waals surface area contributed by atoms with Crippen LogP contribution in [-0.2, 0) is 11.3 Å². The summed E-state index contributed by atoms with van der Waals surface area (Å²) in [6.07, 6.45) is 4.64. The smallest absolute Gasteiger partial charge is 0.180 e. The van der Waals surface area contributed by atoms with Crippen LogP contribution in [0.3, 0.4) is 0 Å². The number of aromatic nitrogens is 1. The maximum absolute atomic E-state index is 5.65. The molecular weight excluding hydrogens is 222 g/mol. The van der Waals surface area contributed by atoms with E-state index in [1.54, 1.807) is 11.3 Å². The molecule has 1 aliphatic carbocycles. The number of nitrogens with two attached hydrogens (primary N) is 1. The molecule has 3 rings (SSSR count). The van der Waals surface area contributed by atoms with Crippen molar-refractivity contribution in [3.8, 4) is 0 Å². The highest BCUT2D eigenvalue weighted by atomic mass is 32.1. The molecule has 1 aromatic heterocycles. The number of thiazole rings is 1. The Bertz CT molecular complexity index is 364. The van der Waals surface area contributed by atoms with Gasteiger partial charge < -0.3 is 10.5 Å². The third kappa shape index (κ3) is 2.21. The molecule has 0 spiro atoms. The molecule has 2 heterocycles. The first kappa shape index (κ1) is 10.5. The molecule has 1 aliphatic heterocycles. The first-order chi connectivity index (χ1) is 7.83. The van der Waals surface area contributed by atoms with Crippen LogP contribution in [0.5, 0.6) is 0 Å². The highest BCUT2D eigenvalue weighted by molar-refractivity contribution is 7.15. The molecule has 0 bridgehead atoms. The van der Waals surface area contributed by atoms with E-state index >= 15 is 0 Å². The molecule has 4 nitrogen and oxygen atoms in total. The van der Waals surface area contributed by atoms with Crippen LogP contribution in [0, 0.1) is 5.92 Å². The van der Waals surface area contributed by atoms with E-state index < -0.39 is 0 Å². The predicted octanol–water partition coefficient (Wildman–Crippen LogP) is 1.34. The van der Waals surface area contributed by atoms with Crippen molar-refractivity contribution in [1.82, 2.24) is 9.88 Å². The van der Waals surface area contributed by atoms with Crippen molar-refractivity contribution in [3.63, 3.8) is 0 Å². The fourth-order valence-electron chi connectivity index (χ4n) is 2.36. The summed E-state index contributed by atoms with van der Waals surface area (Å²) in [4.78, 5) is 7.91. The molecule has 16 heavy (non-hydrogen) atoms. The highest BCUT2D eigenvalue weighted by Gasteiger charge is 2.37. The number of ether oxygens (including phenoxy) is 1. The maximum Gasteiger partial charge on any atom is 0.180 e. The van der Waals surface area contributed by atoms with E-state index in [4.69, 9.17) is 10.5 Å². The Morgan fingerprint density at radius 1 is 1.56 bits per heavy atom. The van der Waals surface area contributed by atoms with Crippen LogP contribution in [-0.4, -0.2) is 35.7 Å². The molecule has 0 amide bonds. The van der Waals surface area contributed by atoms with Crippen molar-refractivity contribution in [2.75, 3.05) is 25.5 Å². The Kier molecular flexibility index (Phi) is 2.83. The van der Waals surface area contributed by atoms with Gasteiger partial charge in [0.05, 0.1) is 13.2 Å².